The van der Waals surface area contributed by atoms with Gasteiger partial charge in [0.25, 0.3) is 0 Å². The maximum absolute atomic E-state index is 12.2. The molecule has 0 radical (unpaired) electrons. The molecule has 0 atom stereocenters. The van der Waals surface area contributed by atoms with Crippen LogP contribution in [0.2, 0.25) is 10.0 Å². The smallest absolute Gasteiger partial charge is 0.342 e. The van der Waals surface area contributed by atoms with Crippen molar-refractivity contribution in [1.82, 2.24) is 19.7 Å². The van der Waals surface area contributed by atoms with Crippen LogP contribution in [-0.4, -0.2) is 45.0 Å². The molecule has 0 aliphatic heterocycles. The van der Waals surface area contributed by atoms with Gasteiger partial charge in [-0.2, -0.15) is 0 Å². The number of ether oxygens (including phenoxy) is 2. The number of aromatic nitrogens is 4. The van der Waals surface area contributed by atoms with Gasteiger partial charge in [0.2, 0.25) is 5.16 Å². The zero-order valence-electron chi connectivity index (χ0n) is 20.8. The number of carboxylic acids is 1. The zero-order chi connectivity index (χ0) is 27.5. The number of benzene rings is 3. The second-order valence-corrected chi connectivity index (χ2v) is 10.3. The minimum Gasteiger partial charge on any atom is -0.497 e. The van der Waals surface area contributed by atoms with Crippen molar-refractivity contribution in [2.75, 3.05) is 14.2 Å². The summed E-state index contributed by atoms with van der Waals surface area (Å²) in [5.41, 5.74) is 3.27. The number of methoxy groups -OCH3 is 2. The summed E-state index contributed by atoms with van der Waals surface area (Å²) in [6.45, 7) is 0.494. The number of nitrogens with one attached hydrogen (secondary N) is 1. The summed E-state index contributed by atoms with van der Waals surface area (Å²) >= 11 is 13.4. The molecule has 0 unspecified atom stereocenters. The molecule has 8 nitrogen and oxygen atoms in total. The average Bonchev–Trinajstić information content (AvgIpc) is 3.54. The monoisotopic (exact) mass is 580 g/mol. The molecule has 0 aliphatic rings. The summed E-state index contributed by atoms with van der Waals surface area (Å²) in [6, 6.07) is 18.5. The van der Waals surface area contributed by atoms with Crippen LogP contribution in [0.25, 0.3) is 28.4 Å². The molecule has 0 saturated heterocycles. The normalized spacial score (nSPS) is 11.6. The number of thioether (sulfide) groups is 1. The Bertz CT molecular complexity index is 1690. The first kappa shape index (κ1) is 26.7. The van der Waals surface area contributed by atoms with Crippen LogP contribution in [-0.2, 0) is 11.3 Å². The molecule has 0 saturated carbocycles. The molecular weight excluding hydrogens is 559 g/mol. The van der Waals surface area contributed by atoms with Crippen molar-refractivity contribution in [1.29, 1.82) is 0 Å². The summed E-state index contributed by atoms with van der Waals surface area (Å²) in [4.78, 5) is 16.8. The van der Waals surface area contributed by atoms with Gasteiger partial charge in [0, 0.05) is 50.9 Å². The molecule has 2 N–H and O–H groups in total. The van der Waals surface area contributed by atoms with Crippen LogP contribution in [0.1, 0.15) is 11.1 Å². The maximum Gasteiger partial charge on any atom is 0.342 e. The molecule has 11 heteroatoms. The highest BCUT2D eigenvalue weighted by Crippen LogP contribution is 2.33. The minimum absolute atomic E-state index is 0.0659. The van der Waals surface area contributed by atoms with E-state index >= 15 is 0 Å². The van der Waals surface area contributed by atoms with Crippen LogP contribution in [0.5, 0.6) is 11.5 Å². The third-order valence-corrected chi connectivity index (χ3v) is 7.43. The van der Waals surface area contributed by atoms with E-state index in [0.29, 0.717) is 39.5 Å². The number of carbonyl (C=O) groups is 1. The Hall–Kier alpha value is -3.92. The lowest BCUT2D eigenvalue weighted by molar-refractivity contribution is -0.131. The van der Waals surface area contributed by atoms with Crippen molar-refractivity contribution in [3.8, 4) is 22.9 Å². The van der Waals surface area contributed by atoms with Gasteiger partial charge < -0.3 is 19.1 Å². The molecule has 2 aromatic heterocycles. The number of fused-ring (bicyclic) bond motifs is 1. The summed E-state index contributed by atoms with van der Waals surface area (Å²) in [6.07, 6.45) is 3.53. The van der Waals surface area contributed by atoms with Gasteiger partial charge in [-0.3, -0.25) is 5.10 Å². The number of H-pyrrole nitrogens is 1. The summed E-state index contributed by atoms with van der Waals surface area (Å²) < 4.78 is 12.7. The van der Waals surface area contributed by atoms with Gasteiger partial charge in [-0.05, 0) is 53.7 Å². The van der Waals surface area contributed by atoms with E-state index in [-0.39, 0.29) is 10.1 Å². The first-order valence-electron chi connectivity index (χ1n) is 11.6. The fourth-order valence-corrected chi connectivity index (χ4v) is 5.26. The van der Waals surface area contributed by atoms with Gasteiger partial charge in [-0.25, -0.2) is 9.78 Å². The van der Waals surface area contributed by atoms with Crippen molar-refractivity contribution in [3.05, 3.63) is 92.9 Å². The molecule has 0 amide bonds. The van der Waals surface area contributed by atoms with E-state index in [1.807, 2.05) is 41.1 Å². The molecule has 0 spiro atoms. The number of halogens is 2. The summed E-state index contributed by atoms with van der Waals surface area (Å²) in [5, 5.41) is 19.4. The average molecular weight is 581 g/mol. The van der Waals surface area contributed by atoms with Gasteiger partial charge in [-0.15, -0.1) is 5.10 Å². The van der Waals surface area contributed by atoms with Crippen LogP contribution >= 0.6 is 35.0 Å². The number of rotatable bonds is 9. The molecule has 5 aromatic rings. The number of aromatic amines is 1. The fraction of sp³-hybridized carbons (Fsp3) is 0.107. The number of aliphatic carboxylic acids is 1. The van der Waals surface area contributed by atoms with E-state index in [1.165, 1.54) is 0 Å². The molecule has 0 bridgehead atoms. The van der Waals surface area contributed by atoms with E-state index in [1.54, 1.807) is 50.6 Å². The first-order chi connectivity index (χ1) is 18.8. The maximum atomic E-state index is 12.2. The van der Waals surface area contributed by atoms with Gasteiger partial charge >= 0.3 is 5.97 Å². The van der Waals surface area contributed by atoms with Gasteiger partial charge in [-0.1, -0.05) is 47.5 Å². The minimum atomic E-state index is -1.09. The van der Waals surface area contributed by atoms with Gasteiger partial charge in [0.05, 0.1) is 14.2 Å². The van der Waals surface area contributed by atoms with Crippen molar-refractivity contribution in [3.63, 3.8) is 0 Å². The van der Waals surface area contributed by atoms with Crippen LogP contribution < -0.4 is 9.47 Å². The standard InChI is InChI=1S/C28H22Cl2N4O4S/c1-37-20-9-17(10-21(13-20)38-2)26-31-28(33-32-26)39-25(27(35)36)11-18-15-34(24-6-4-3-5-22(18)24)14-16-7-8-19(29)12-23(16)30/h3-13,15H,14H2,1-2H3,(H,35,36)(H,31,32,33)/b25-11-. The van der Waals surface area contributed by atoms with Crippen molar-refractivity contribution in [2.24, 2.45) is 0 Å². The van der Waals surface area contributed by atoms with Crippen molar-refractivity contribution >= 4 is 57.9 Å². The number of hydrogen-bond acceptors (Lipinski definition) is 6. The SMILES string of the molecule is COc1cc(OC)cc(-c2nc(S/C(=C\c3cn(Cc4ccc(Cl)cc4Cl)c4ccccc34)C(=O)O)n[nH]2)c1. The van der Waals surface area contributed by atoms with E-state index in [0.717, 1.165) is 33.8 Å². The second kappa shape index (κ2) is 11.4. The highest BCUT2D eigenvalue weighted by Gasteiger charge is 2.17. The van der Waals surface area contributed by atoms with Crippen LogP contribution in [0.3, 0.4) is 0 Å². The van der Waals surface area contributed by atoms with Crippen LogP contribution in [0.15, 0.2) is 76.9 Å². The Kier molecular flexibility index (Phi) is 7.83. The Morgan fingerprint density at radius 1 is 1.08 bits per heavy atom. The summed E-state index contributed by atoms with van der Waals surface area (Å²) in [5.74, 6) is 0.553. The number of carboxylic acid groups (broad SMARTS) is 1. The molecule has 2 heterocycles. The highest BCUT2D eigenvalue weighted by atomic mass is 35.5. The van der Waals surface area contributed by atoms with E-state index < -0.39 is 5.97 Å². The quantitative estimate of drug-likeness (QED) is 0.143. The molecule has 3 aromatic carbocycles. The Morgan fingerprint density at radius 2 is 1.82 bits per heavy atom. The highest BCUT2D eigenvalue weighted by molar-refractivity contribution is 8.04. The van der Waals surface area contributed by atoms with Crippen molar-refractivity contribution < 1.29 is 19.4 Å². The second-order valence-electron chi connectivity index (χ2n) is 8.45. The lowest BCUT2D eigenvalue weighted by atomic mass is 10.1. The Balaban J connectivity index is 1.47. The summed E-state index contributed by atoms with van der Waals surface area (Å²) in [7, 11) is 3.12. The van der Waals surface area contributed by atoms with Crippen LogP contribution in [0.4, 0.5) is 0 Å². The Labute approximate surface area is 238 Å². The first-order valence-corrected chi connectivity index (χ1v) is 13.2. The lowest BCUT2D eigenvalue weighted by Gasteiger charge is -2.08. The number of nitrogens with zero attached hydrogens (tertiary/aromatic N) is 3. The topological polar surface area (TPSA) is 102 Å². The predicted octanol–water partition coefficient (Wildman–Crippen LogP) is 7.02. The molecule has 0 fully saturated rings. The molecule has 5 rings (SSSR count). The van der Waals surface area contributed by atoms with Gasteiger partial charge in [0.1, 0.15) is 16.4 Å². The molecule has 198 valence electrons. The number of para-hydroxylation sites is 1. The number of hydrogen-bond donors (Lipinski definition) is 2. The molecule has 0 aliphatic carbocycles. The van der Waals surface area contributed by atoms with E-state index in [9.17, 15) is 9.90 Å². The lowest BCUT2D eigenvalue weighted by Crippen LogP contribution is -1.99. The predicted molar refractivity (Wildman–Crippen MR) is 154 cm³/mol. The fourth-order valence-electron chi connectivity index (χ4n) is 4.09. The molecular formula is C28H22Cl2N4O4S. The molecule has 39 heavy (non-hydrogen) atoms. The van der Waals surface area contributed by atoms with E-state index in [4.69, 9.17) is 32.7 Å². The third-order valence-electron chi connectivity index (χ3n) is 5.96. The Morgan fingerprint density at radius 3 is 2.51 bits per heavy atom. The van der Waals surface area contributed by atoms with Gasteiger partial charge in [0.15, 0.2) is 5.82 Å². The van der Waals surface area contributed by atoms with E-state index in [2.05, 4.69) is 15.2 Å². The zero-order valence-corrected chi connectivity index (χ0v) is 23.1. The van der Waals surface area contributed by atoms with Crippen molar-refractivity contribution in [2.45, 2.75) is 11.7 Å². The third kappa shape index (κ3) is 5.90. The largest absolute Gasteiger partial charge is 0.497 e. The van der Waals surface area contributed by atoms with Crippen LogP contribution in [0, 0.1) is 0 Å².